The summed E-state index contributed by atoms with van der Waals surface area (Å²) >= 11 is 0. The number of nitrogens with zero attached hydrogens (tertiary/aromatic N) is 1. The minimum absolute atomic E-state index is 0.462. The quantitative estimate of drug-likeness (QED) is 0.751. The van der Waals surface area contributed by atoms with Crippen LogP contribution in [0.1, 0.15) is 22.8 Å². The molecule has 1 N–H and O–H groups in total. The Labute approximate surface area is 141 Å². The minimum Gasteiger partial charge on any atom is -0.493 e. The van der Waals surface area contributed by atoms with E-state index in [2.05, 4.69) is 4.98 Å². The summed E-state index contributed by atoms with van der Waals surface area (Å²) in [7, 11) is 1.59. The van der Waals surface area contributed by atoms with Crippen LogP contribution in [-0.2, 0) is 6.61 Å². The highest BCUT2D eigenvalue weighted by molar-refractivity contribution is 5.45. The lowest BCUT2D eigenvalue weighted by atomic mass is 10.0. The fourth-order valence-corrected chi connectivity index (χ4v) is 2.45. The Balaban J connectivity index is 1.78. The largest absolute Gasteiger partial charge is 0.493 e. The smallest absolute Gasteiger partial charge is 0.161 e. The number of hydrogen-bond acceptors (Lipinski definition) is 4. The Kier molecular flexibility index (Phi) is 5.08. The molecule has 1 aromatic heterocycles. The molecule has 3 aromatic rings. The van der Waals surface area contributed by atoms with Gasteiger partial charge in [0.2, 0.25) is 0 Å². The van der Waals surface area contributed by atoms with Gasteiger partial charge in [-0.2, -0.15) is 0 Å². The molecule has 24 heavy (non-hydrogen) atoms. The van der Waals surface area contributed by atoms with Crippen LogP contribution in [0.4, 0.5) is 0 Å². The Morgan fingerprint density at radius 2 is 1.67 bits per heavy atom. The van der Waals surface area contributed by atoms with Gasteiger partial charge in [0.15, 0.2) is 11.5 Å². The molecule has 3 rings (SSSR count). The van der Waals surface area contributed by atoms with Gasteiger partial charge in [-0.05, 0) is 41.0 Å². The molecule has 2 aromatic carbocycles. The van der Waals surface area contributed by atoms with Crippen molar-refractivity contribution >= 4 is 0 Å². The summed E-state index contributed by atoms with van der Waals surface area (Å²) in [6, 6.07) is 19.0. The van der Waals surface area contributed by atoms with Crippen molar-refractivity contribution in [3.05, 3.63) is 89.7 Å². The van der Waals surface area contributed by atoms with Crippen molar-refractivity contribution in [2.45, 2.75) is 12.7 Å². The van der Waals surface area contributed by atoms with E-state index in [-0.39, 0.29) is 0 Å². The molecule has 0 fully saturated rings. The molecule has 122 valence electrons. The predicted octanol–water partition coefficient (Wildman–Crippen LogP) is 3.75. The van der Waals surface area contributed by atoms with E-state index < -0.39 is 6.10 Å². The van der Waals surface area contributed by atoms with Crippen LogP contribution in [0, 0.1) is 0 Å². The number of methoxy groups -OCH3 is 1. The maximum Gasteiger partial charge on any atom is 0.161 e. The van der Waals surface area contributed by atoms with Crippen LogP contribution in [0.15, 0.2) is 73.1 Å². The molecule has 0 spiro atoms. The maximum absolute atomic E-state index is 10.5. The molecule has 0 radical (unpaired) electrons. The van der Waals surface area contributed by atoms with E-state index in [1.54, 1.807) is 37.7 Å². The van der Waals surface area contributed by atoms with Gasteiger partial charge in [0.05, 0.1) is 7.11 Å². The van der Waals surface area contributed by atoms with Crippen LogP contribution in [0.2, 0.25) is 0 Å². The fraction of sp³-hybridized carbons (Fsp3) is 0.150. The van der Waals surface area contributed by atoms with Gasteiger partial charge < -0.3 is 14.6 Å². The van der Waals surface area contributed by atoms with E-state index in [0.29, 0.717) is 18.1 Å². The van der Waals surface area contributed by atoms with Crippen LogP contribution in [0.25, 0.3) is 0 Å². The van der Waals surface area contributed by atoms with Crippen molar-refractivity contribution in [3.8, 4) is 11.5 Å². The Morgan fingerprint density at radius 3 is 2.38 bits per heavy atom. The lowest BCUT2D eigenvalue weighted by molar-refractivity contribution is 0.219. The Morgan fingerprint density at radius 1 is 0.917 bits per heavy atom. The normalized spacial score (nSPS) is 11.8. The zero-order valence-electron chi connectivity index (χ0n) is 13.4. The van der Waals surface area contributed by atoms with Crippen LogP contribution in [0.3, 0.4) is 0 Å². The molecule has 1 heterocycles. The number of pyridine rings is 1. The van der Waals surface area contributed by atoms with Crippen molar-refractivity contribution in [2.24, 2.45) is 0 Å². The van der Waals surface area contributed by atoms with E-state index >= 15 is 0 Å². The van der Waals surface area contributed by atoms with Gasteiger partial charge in [0.1, 0.15) is 12.7 Å². The molecule has 1 atom stereocenters. The van der Waals surface area contributed by atoms with Gasteiger partial charge in [-0.1, -0.05) is 36.4 Å². The van der Waals surface area contributed by atoms with Crippen molar-refractivity contribution in [2.75, 3.05) is 7.11 Å². The van der Waals surface area contributed by atoms with Crippen LogP contribution < -0.4 is 9.47 Å². The molecule has 4 heteroatoms. The molecule has 0 bridgehead atoms. The number of aliphatic hydroxyl groups excluding tert-OH is 1. The third-order valence-electron chi connectivity index (χ3n) is 3.76. The SMILES string of the molecule is COc1cc(C(O)c2ccncc2)ccc1OCc1ccccc1. The van der Waals surface area contributed by atoms with Gasteiger partial charge in [0.25, 0.3) is 0 Å². The van der Waals surface area contributed by atoms with Gasteiger partial charge in [-0.25, -0.2) is 0 Å². The predicted molar refractivity (Wildman–Crippen MR) is 92.1 cm³/mol. The van der Waals surface area contributed by atoms with Crippen LogP contribution in [-0.4, -0.2) is 17.2 Å². The zero-order chi connectivity index (χ0) is 16.8. The van der Waals surface area contributed by atoms with E-state index in [9.17, 15) is 5.11 Å². The highest BCUT2D eigenvalue weighted by atomic mass is 16.5. The molecule has 0 saturated carbocycles. The number of rotatable bonds is 6. The van der Waals surface area contributed by atoms with Crippen molar-refractivity contribution in [3.63, 3.8) is 0 Å². The molecule has 1 unspecified atom stereocenters. The number of aliphatic hydroxyl groups is 1. The summed E-state index contributed by atoms with van der Waals surface area (Å²) in [4.78, 5) is 3.97. The first-order valence-electron chi connectivity index (χ1n) is 7.70. The standard InChI is InChI=1S/C20H19NO3/c1-23-19-13-17(20(22)16-9-11-21-12-10-16)7-8-18(19)24-14-15-5-3-2-4-6-15/h2-13,20,22H,14H2,1H3. The Hall–Kier alpha value is -2.85. The molecule has 0 aliphatic heterocycles. The van der Waals surface area contributed by atoms with Gasteiger partial charge in [-0.3, -0.25) is 4.98 Å². The van der Waals surface area contributed by atoms with Crippen molar-refractivity contribution in [1.29, 1.82) is 0 Å². The van der Waals surface area contributed by atoms with Gasteiger partial charge in [0, 0.05) is 12.4 Å². The summed E-state index contributed by atoms with van der Waals surface area (Å²) in [6.45, 7) is 0.462. The topological polar surface area (TPSA) is 51.6 Å². The second kappa shape index (κ2) is 7.62. The highest BCUT2D eigenvalue weighted by Crippen LogP contribution is 2.32. The van der Waals surface area contributed by atoms with Gasteiger partial charge >= 0.3 is 0 Å². The summed E-state index contributed by atoms with van der Waals surface area (Å²) in [5.74, 6) is 1.24. The second-order valence-corrected chi connectivity index (χ2v) is 5.37. The average Bonchev–Trinajstić information content (AvgIpc) is 2.67. The van der Waals surface area contributed by atoms with Crippen LogP contribution in [0.5, 0.6) is 11.5 Å². The van der Waals surface area contributed by atoms with Gasteiger partial charge in [-0.15, -0.1) is 0 Å². The maximum atomic E-state index is 10.5. The number of aromatic nitrogens is 1. The Bertz CT molecular complexity index is 775. The molecule has 0 amide bonds. The lowest BCUT2D eigenvalue weighted by Crippen LogP contribution is -2.02. The molecule has 0 aliphatic carbocycles. The first kappa shape index (κ1) is 16.0. The number of hydrogen-bond donors (Lipinski definition) is 1. The summed E-state index contributed by atoms with van der Waals surface area (Å²) in [5.41, 5.74) is 2.61. The summed E-state index contributed by atoms with van der Waals surface area (Å²) in [6.07, 6.45) is 2.59. The molecule has 0 saturated heterocycles. The third-order valence-corrected chi connectivity index (χ3v) is 3.76. The number of benzene rings is 2. The molecule has 0 aliphatic rings. The minimum atomic E-state index is -0.731. The molecular weight excluding hydrogens is 302 g/mol. The van der Waals surface area contributed by atoms with E-state index in [1.165, 1.54) is 0 Å². The van der Waals surface area contributed by atoms with Crippen molar-refractivity contribution < 1.29 is 14.6 Å². The average molecular weight is 321 g/mol. The summed E-state index contributed by atoms with van der Waals surface area (Å²) in [5, 5.41) is 10.5. The number of ether oxygens (including phenoxy) is 2. The van der Waals surface area contributed by atoms with E-state index in [0.717, 1.165) is 16.7 Å². The highest BCUT2D eigenvalue weighted by Gasteiger charge is 2.14. The summed E-state index contributed by atoms with van der Waals surface area (Å²) < 4.78 is 11.2. The van der Waals surface area contributed by atoms with Crippen LogP contribution >= 0.6 is 0 Å². The fourth-order valence-electron chi connectivity index (χ4n) is 2.45. The lowest BCUT2D eigenvalue weighted by Gasteiger charge is -2.15. The molecule has 4 nitrogen and oxygen atoms in total. The van der Waals surface area contributed by atoms with E-state index in [4.69, 9.17) is 9.47 Å². The zero-order valence-corrected chi connectivity index (χ0v) is 13.4. The van der Waals surface area contributed by atoms with Crippen molar-refractivity contribution in [1.82, 2.24) is 4.98 Å². The monoisotopic (exact) mass is 321 g/mol. The first-order valence-corrected chi connectivity index (χ1v) is 7.70. The first-order chi connectivity index (χ1) is 11.8. The second-order valence-electron chi connectivity index (χ2n) is 5.37. The van der Waals surface area contributed by atoms with E-state index in [1.807, 2.05) is 42.5 Å². The molecular formula is C20H19NO3. The third kappa shape index (κ3) is 3.73.